The summed E-state index contributed by atoms with van der Waals surface area (Å²) in [5.41, 5.74) is 8.31. The van der Waals surface area contributed by atoms with Crippen molar-refractivity contribution in [2.45, 2.75) is 57.9 Å². The zero-order valence-electron chi connectivity index (χ0n) is 19.9. The second kappa shape index (κ2) is 8.07. The Labute approximate surface area is 188 Å². The fourth-order valence-electron chi connectivity index (χ4n) is 4.83. The Balaban J connectivity index is 1.72. The summed E-state index contributed by atoms with van der Waals surface area (Å²) < 4.78 is 0. The summed E-state index contributed by atoms with van der Waals surface area (Å²) in [4.78, 5) is 4.74. The first kappa shape index (κ1) is 21.5. The number of benzene rings is 3. The van der Waals surface area contributed by atoms with E-state index in [1.54, 1.807) is 0 Å². The van der Waals surface area contributed by atoms with Crippen molar-refractivity contribution in [2.24, 2.45) is 0 Å². The number of aryl methyl sites for hydroxylation is 1. The van der Waals surface area contributed by atoms with Crippen molar-refractivity contribution in [1.82, 2.24) is 0 Å². The molecule has 0 N–H and O–H groups in total. The molecule has 31 heavy (non-hydrogen) atoms. The molecule has 1 heterocycles. The molecule has 0 radical (unpaired) electrons. The molecular formula is C29H36N2. The van der Waals surface area contributed by atoms with Crippen LogP contribution in [0.1, 0.15) is 50.8 Å². The number of nitrogens with zero attached hydrogens (tertiary/aromatic N) is 2. The van der Waals surface area contributed by atoms with Crippen molar-refractivity contribution in [1.29, 1.82) is 0 Å². The Morgan fingerprint density at radius 2 is 1.52 bits per heavy atom. The second-order valence-corrected chi connectivity index (χ2v) is 10.5. The molecule has 0 unspecified atom stereocenters. The van der Waals surface area contributed by atoms with E-state index < -0.39 is 0 Å². The van der Waals surface area contributed by atoms with E-state index >= 15 is 0 Å². The van der Waals surface area contributed by atoms with Crippen LogP contribution < -0.4 is 9.80 Å². The zero-order chi connectivity index (χ0) is 22.2. The number of anilines is 3. The van der Waals surface area contributed by atoms with Crippen molar-refractivity contribution in [2.75, 3.05) is 23.9 Å². The average Bonchev–Trinajstić information content (AvgIpc) is 2.73. The maximum Gasteiger partial charge on any atom is 0.0466 e. The predicted octanol–water partition coefficient (Wildman–Crippen LogP) is 7.14. The fourth-order valence-corrected chi connectivity index (χ4v) is 4.83. The van der Waals surface area contributed by atoms with Gasteiger partial charge in [0.25, 0.3) is 0 Å². The van der Waals surface area contributed by atoms with Gasteiger partial charge in [0, 0.05) is 36.7 Å². The van der Waals surface area contributed by atoms with Crippen LogP contribution >= 0.6 is 0 Å². The van der Waals surface area contributed by atoms with Gasteiger partial charge in [0.05, 0.1) is 0 Å². The first-order valence-electron chi connectivity index (χ1n) is 11.4. The van der Waals surface area contributed by atoms with E-state index in [-0.39, 0.29) is 11.0 Å². The Bertz CT molecular complexity index is 1030. The minimum absolute atomic E-state index is 0.0250. The molecule has 0 saturated carbocycles. The lowest BCUT2D eigenvalue weighted by Gasteiger charge is -2.47. The first-order chi connectivity index (χ1) is 14.7. The predicted molar refractivity (Wildman–Crippen MR) is 135 cm³/mol. The van der Waals surface area contributed by atoms with Crippen molar-refractivity contribution >= 4 is 17.1 Å². The standard InChI is InChI=1S/C29H36N2/c1-28(2,3)24-13-11-22(12-14-24)21-29(4)20-19-23-9-7-8-10-27(23)31(29)26-17-15-25(16-18-26)30(5)6/h7-18H,19-21H2,1-6H3/t29-/m1/s1. The molecular weight excluding hydrogens is 376 g/mol. The third-order valence-electron chi connectivity index (χ3n) is 6.73. The Hall–Kier alpha value is -2.74. The Kier molecular flexibility index (Phi) is 5.60. The van der Waals surface area contributed by atoms with Crippen LogP contribution in [0.2, 0.25) is 0 Å². The van der Waals surface area contributed by atoms with Crippen LogP contribution in [0.3, 0.4) is 0 Å². The molecule has 1 aliphatic heterocycles. The molecule has 162 valence electrons. The Morgan fingerprint density at radius 3 is 2.13 bits per heavy atom. The minimum Gasteiger partial charge on any atom is -0.378 e. The van der Waals surface area contributed by atoms with Gasteiger partial charge in [0.1, 0.15) is 0 Å². The van der Waals surface area contributed by atoms with Crippen LogP contribution in [-0.4, -0.2) is 19.6 Å². The second-order valence-electron chi connectivity index (χ2n) is 10.5. The molecule has 0 fully saturated rings. The summed E-state index contributed by atoms with van der Waals surface area (Å²) in [5.74, 6) is 0. The van der Waals surface area contributed by atoms with Gasteiger partial charge >= 0.3 is 0 Å². The molecule has 2 heteroatoms. The van der Waals surface area contributed by atoms with E-state index in [0.717, 1.165) is 19.3 Å². The number of fused-ring (bicyclic) bond motifs is 1. The topological polar surface area (TPSA) is 6.48 Å². The van der Waals surface area contributed by atoms with E-state index in [1.807, 2.05) is 0 Å². The van der Waals surface area contributed by atoms with E-state index in [9.17, 15) is 0 Å². The van der Waals surface area contributed by atoms with Gasteiger partial charge < -0.3 is 9.80 Å². The lowest BCUT2D eigenvalue weighted by atomic mass is 9.79. The summed E-state index contributed by atoms with van der Waals surface area (Å²) in [6.45, 7) is 9.27. The summed E-state index contributed by atoms with van der Waals surface area (Å²) in [5, 5.41) is 0. The SMILES string of the molecule is CN(C)c1ccc(N2c3ccccc3CC[C@]2(C)Cc2ccc(C(C)(C)C)cc2)cc1. The summed E-state index contributed by atoms with van der Waals surface area (Å²) in [6.07, 6.45) is 3.29. The van der Waals surface area contributed by atoms with Crippen LogP contribution in [0.25, 0.3) is 0 Å². The van der Waals surface area contributed by atoms with Crippen LogP contribution in [0.5, 0.6) is 0 Å². The quantitative estimate of drug-likeness (QED) is 0.449. The van der Waals surface area contributed by atoms with E-state index in [1.165, 1.54) is 33.8 Å². The van der Waals surface area contributed by atoms with Crippen molar-refractivity contribution in [3.8, 4) is 0 Å². The highest BCUT2D eigenvalue weighted by Crippen LogP contribution is 2.44. The molecule has 0 aliphatic carbocycles. The monoisotopic (exact) mass is 412 g/mol. The molecule has 0 spiro atoms. The third-order valence-corrected chi connectivity index (χ3v) is 6.73. The molecule has 4 rings (SSSR count). The fraction of sp³-hybridized carbons (Fsp3) is 0.379. The number of rotatable bonds is 4. The molecule has 0 bridgehead atoms. The maximum atomic E-state index is 2.59. The van der Waals surface area contributed by atoms with Gasteiger partial charge in [-0.3, -0.25) is 0 Å². The molecule has 1 atom stereocenters. The normalized spacial score (nSPS) is 18.6. The highest BCUT2D eigenvalue weighted by Gasteiger charge is 2.37. The smallest absolute Gasteiger partial charge is 0.0466 e. The van der Waals surface area contributed by atoms with Crippen molar-refractivity contribution in [3.05, 3.63) is 89.5 Å². The van der Waals surface area contributed by atoms with Crippen LogP contribution in [-0.2, 0) is 18.3 Å². The lowest BCUT2D eigenvalue weighted by molar-refractivity contribution is 0.405. The summed E-state index contributed by atoms with van der Waals surface area (Å²) in [6, 6.07) is 27.2. The van der Waals surface area contributed by atoms with Crippen LogP contribution in [0.15, 0.2) is 72.8 Å². The van der Waals surface area contributed by atoms with Gasteiger partial charge in [0.2, 0.25) is 0 Å². The maximum absolute atomic E-state index is 2.59. The number of hydrogen-bond donors (Lipinski definition) is 0. The van der Waals surface area contributed by atoms with Gasteiger partial charge in [-0.05, 0) is 78.6 Å². The van der Waals surface area contributed by atoms with Crippen LogP contribution in [0, 0.1) is 0 Å². The molecule has 3 aromatic rings. The van der Waals surface area contributed by atoms with Crippen molar-refractivity contribution in [3.63, 3.8) is 0 Å². The summed E-state index contributed by atoms with van der Waals surface area (Å²) in [7, 11) is 4.19. The molecule has 0 amide bonds. The molecule has 3 aromatic carbocycles. The zero-order valence-corrected chi connectivity index (χ0v) is 19.9. The highest BCUT2D eigenvalue weighted by molar-refractivity contribution is 5.72. The largest absolute Gasteiger partial charge is 0.378 e. The highest BCUT2D eigenvalue weighted by atomic mass is 15.2. The molecule has 1 aliphatic rings. The molecule has 0 aromatic heterocycles. The summed E-state index contributed by atoms with van der Waals surface area (Å²) >= 11 is 0. The number of hydrogen-bond acceptors (Lipinski definition) is 2. The van der Waals surface area contributed by atoms with Crippen LogP contribution in [0.4, 0.5) is 17.1 Å². The van der Waals surface area contributed by atoms with Gasteiger partial charge in [-0.2, -0.15) is 0 Å². The van der Waals surface area contributed by atoms with E-state index in [2.05, 4.69) is 124 Å². The third kappa shape index (κ3) is 4.35. The van der Waals surface area contributed by atoms with Gasteiger partial charge in [0.15, 0.2) is 0 Å². The van der Waals surface area contributed by atoms with E-state index in [0.29, 0.717) is 0 Å². The lowest BCUT2D eigenvalue weighted by Crippen LogP contribution is -2.48. The van der Waals surface area contributed by atoms with Crippen molar-refractivity contribution < 1.29 is 0 Å². The average molecular weight is 413 g/mol. The Morgan fingerprint density at radius 1 is 0.871 bits per heavy atom. The van der Waals surface area contributed by atoms with Gasteiger partial charge in [-0.25, -0.2) is 0 Å². The van der Waals surface area contributed by atoms with Gasteiger partial charge in [-0.1, -0.05) is 63.2 Å². The molecule has 0 saturated heterocycles. The number of para-hydroxylation sites is 1. The molecule has 2 nitrogen and oxygen atoms in total. The van der Waals surface area contributed by atoms with E-state index in [4.69, 9.17) is 0 Å². The van der Waals surface area contributed by atoms with Gasteiger partial charge in [-0.15, -0.1) is 0 Å². The minimum atomic E-state index is 0.0250. The first-order valence-corrected chi connectivity index (χ1v) is 11.4.